The normalized spacial score (nSPS) is 24.8. The summed E-state index contributed by atoms with van der Waals surface area (Å²) in [6, 6.07) is 0.737. The molecule has 0 saturated heterocycles. The van der Waals surface area contributed by atoms with Crippen molar-refractivity contribution in [3.63, 3.8) is 0 Å². The van der Waals surface area contributed by atoms with Gasteiger partial charge in [-0.2, -0.15) is 0 Å². The quantitative estimate of drug-likeness (QED) is 0.818. The molecule has 0 amide bonds. The molecule has 1 aliphatic rings. The number of nitrogens with one attached hydrogen (secondary N) is 1. The Morgan fingerprint density at radius 3 is 2.81 bits per heavy atom. The molecule has 0 radical (unpaired) electrons. The van der Waals surface area contributed by atoms with E-state index in [0.717, 1.165) is 36.7 Å². The van der Waals surface area contributed by atoms with Crippen LogP contribution in [0.15, 0.2) is 6.33 Å². The Hall–Kier alpha value is -0.900. The molecule has 1 saturated carbocycles. The second-order valence-electron chi connectivity index (χ2n) is 5.23. The minimum atomic E-state index is 0.737. The summed E-state index contributed by atoms with van der Waals surface area (Å²) < 4.78 is 1.99. The third kappa shape index (κ3) is 2.61. The fourth-order valence-corrected chi connectivity index (χ4v) is 2.29. The van der Waals surface area contributed by atoms with Gasteiger partial charge in [0.05, 0.1) is 0 Å². The van der Waals surface area contributed by atoms with Gasteiger partial charge in [-0.1, -0.05) is 13.8 Å². The van der Waals surface area contributed by atoms with Crippen molar-refractivity contribution >= 4 is 0 Å². The van der Waals surface area contributed by atoms with Crippen LogP contribution in [0.2, 0.25) is 0 Å². The van der Waals surface area contributed by atoms with Gasteiger partial charge in [-0.15, -0.1) is 10.2 Å². The maximum atomic E-state index is 4.07. The van der Waals surface area contributed by atoms with Crippen molar-refractivity contribution in [2.24, 2.45) is 18.9 Å². The first-order valence-corrected chi connectivity index (χ1v) is 6.23. The second kappa shape index (κ2) is 4.95. The van der Waals surface area contributed by atoms with E-state index in [-0.39, 0.29) is 0 Å². The molecule has 4 nitrogen and oxygen atoms in total. The van der Waals surface area contributed by atoms with Gasteiger partial charge in [0, 0.05) is 26.1 Å². The van der Waals surface area contributed by atoms with Crippen molar-refractivity contribution in [2.45, 2.75) is 39.2 Å². The van der Waals surface area contributed by atoms with Gasteiger partial charge in [0.2, 0.25) is 0 Å². The molecule has 0 aliphatic heterocycles. The number of aromatic nitrogens is 3. The largest absolute Gasteiger partial charge is 0.321 e. The van der Waals surface area contributed by atoms with E-state index in [1.807, 2.05) is 11.6 Å². The highest BCUT2D eigenvalue weighted by Gasteiger charge is 2.30. The van der Waals surface area contributed by atoms with Gasteiger partial charge in [0.1, 0.15) is 12.2 Å². The summed E-state index contributed by atoms with van der Waals surface area (Å²) in [5.74, 6) is 2.84. The fourth-order valence-electron chi connectivity index (χ4n) is 2.29. The number of aryl methyl sites for hydroxylation is 1. The third-order valence-corrected chi connectivity index (χ3v) is 3.70. The smallest absolute Gasteiger partial charge is 0.133 e. The van der Waals surface area contributed by atoms with Crippen molar-refractivity contribution < 1.29 is 0 Å². The average Bonchev–Trinajstić information content (AvgIpc) is 2.55. The van der Waals surface area contributed by atoms with Gasteiger partial charge >= 0.3 is 0 Å². The average molecular weight is 222 g/mol. The van der Waals surface area contributed by atoms with E-state index in [0.29, 0.717) is 0 Å². The summed E-state index contributed by atoms with van der Waals surface area (Å²) in [5.41, 5.74) is 0. The Labute approximate surface area is 97.5 Å². The Morgan fingerprint density at radius 1 is 1.50 bits per heavy atom. The van der Waals surface area contributed by atoms with Gasteiger partial charge in [-0.3, -0.25) is 0 Å². The van der Waals surface area contributed by atoms with Crippen LogP contribution in [0.3, 0.4) is 0 Å². The molecule has 1 aromatic heterocycles. The van der Waals surface area contributed by atoms with Gasteiger partial charge in [-0.05, 0) is 24.7 Å². The monoisotopic (exact) mass is 222 g/mol. The Kier molecular flexibility index (Phi) is 3.59. The molecule has 0 bridgehead atoms. The molecule has 0 atom stereocenters. The number of hydrogen-bond acceptors (Lipinski definition) is 3. The van der Waals surface area contributed by atoms with E-state index in [1.54, 1.807) is 6.33 Å². The standard InChI is InChI=1S/C12H22N4/c1-9(2)10-6-11(7-10)13-5-4-12-15-14-8-16(12)3/h8-11,13H,4-7H2,1-3H3. The molecule has 0 aromatic carbocycles. The number of nitrogens with zero attached hydrogens (tertiary/aromatic N) is 3. The van der Waals surface area contributed by atoms with Crippen molar-refractivity contribution in [3.8, 4) is 0 Å². The number of rotatable bonds is 5. The Morgan fingerprint density at radius 2 is 2.25 bits per heavy atom. The number of hydrogen-bond donors (Lipinski definition) is 1. The summed E-state index contributed by atoms with van der Waals surface area (Å²) in [6.45, 7) is 5.66. The summed E-state index contributed by atoms with van der Waals surface area (Å²) in [4.78, 5) is 0. The lowest BCUT2D eigenvalue weighted by Gasteiger charge is -2.38. The highest BCUT2D eigenvalue weighted by Crippen LogP contribution is 2.33. The van der Waals surface area contributed by atoms with E-state index >= 15 is 0 Å². The van der Waals surface area contributed by atoms with Crippen molar-refractivity contribution in [2.75, 3.05) is 6.54 Å². The van der Waals surface area contributed by atoms with E-state index in [9.17, 15) is 0 Å². The lowest BCUT2D eigenvalue weighted by atomic mass is 9.74. The van der Waals surface area contributed by atoms with Gasteiger partial charge < -0.3 is 9.88 Å². The molecule has 0 spiro atoms. The first-order chi connectivity index (χ1) is 7.66. The van der Waals surface area contributed by atoms with E-state index in [4.69, 9.17) is 0 Å². The predicted molar refractivity (Wildman–Crippen MR) is 64.1 cm³/mol. The molecule has 1 aromatic rings. The molecule has 1 aliphatic carbocycles. The molecule has 90 valence electrons. The van der Waals surface area contributed by atoms with Crippen LogP contribution in [0.1, 0.15) is 32.5 Å². The lowest BCUT2D eigenvalue weighted by Crippen LogP contribution is -2.43. The van der Waals surface area contributed by atoms with Gasteiger partial charge in [-0.25, -0.2) is 0 Å². The summed E-state index contributed by atoms with van der Waals surface area (Å²) >= 11 is 0. The second-order valence-corrected chi connectivity index (χ2v) is 5.23. The first kappa shape index (κ1) is 11.6. The Balaban J connectivity index is 1.62. The molecule has 4 heteroatoms. The fraction of sp³-hybridized carbons (Fsp3) is 0.833. The molecule has 16 heavy (non-hydrogen) atoms. The summed E-state index contributed by atoms with van der Waals surface area (Å²) in [6.07, 6.45) is 5.42. The van der Waals surface area contributed by atoms with Crippen LogP contribution in [0.5, 0.6) is 0 Å². The molecule has 2 rings (SSSR count). The predicted octanol–water partition coefficient (Wildman–Crippen LogP) is 1.38. The van der Waals surface area contributed by atoms with E-state index < -0.39 is 0 Å². The molecular formula is C12H22N4. The molecule has 1 heterocycles. The zero-order valence-corrected chi connectivity index (χ0v) is 10.5. The minimum Gasteiger partial charge on any atom is -0.321 e. The maximum Gasteiger partial charge on any atom is 0.133 e. The van der Waals surface area contributed by atoms with Crippen molar-refractivity contribution in [1.29, 1.82) is 0 Å². The molecule has 1 fully saturated rings. The molecular weight excluding hydrogens is 200 g/mol. The van der Waals surface area contributed by atoms with Crippen LogP contribution in [0.25, 0.3) is 0 Å². The lowest BCUT2D eigenvalue weighted by molar-refractivity contribution is 0.169. The van der Waals surface area contributed by atoms with E-state index in [1.165, 1.54) is 12.8 Å². The maximum absolute atomic E-state index is 4.07. The van der Waals surface area contributed by atoms with Gasteiger partial charge in [0.15, 0.2) is 0 Å². The van der Waals surface area contributed by atoms with Crippen LogP contribution in [0.4, 0.5) is 0 Å². The zero-order chi connectivity index (χ0) is 11.5. The third-order valence-electron chi connectivity index (χ3n) is 3.70. The molecule has 1 N–H and O–H groups in total. The SMILES string of the molecule is CC(C)C1CC(NCCc2nncn2C)C1. The van der Waals surface area contributed by atoms with Crippen molar-refractivity contribution in [1.82, 2.24) is 20.1 Å². The highest BCUT2D eigenvalue weighted by atomic mass is 15.2. The van der Waals surface area contributed by atoms with Crippen LogP contribution in [0, 0.1) is 11.8 Å². The highest BCUT2D eigenvalue weighted by molar-refractivity contribution is 4.89. The minimum absolute atomic E-state index is 0.737. The van der Waals surface area contributed by atoms with Crippen LogP contribution >= 0.6 is 0 Å². The van der Waals surface area contributed by atoms with Crippen LogP contribution in [-0.4, -0.2) is 27.4 Å². The molecule has 0 unspecified atom stereocenters. The van der Waals surface area contributed by atoms with Crippen molar-refractivity contribution in [3.05, 3.63) is 12.2 Å². The van der Waals surface area contributed by atoms with Crippen LogP contribution < -0.4 is 5.32 Å². The Bertz CT molecular complexity index is 326. The van der Waals surface area contributed by atoms with E-state index in [2.05, 4.69) is 29.4 Å². The topological polar surface area (TPSA) is 42.7 Å². The summed E-state index contributed by atoms with van der Waals surface area (Å²) in [5, 5.41) is 11.5. The zero-order valence-electron chi connectivity index (χ0n) is 10.5. The van der Waals surface area contributed by atoms with Crippen LogP contribution in [-0.2, 0) is 13.5 Å². The summed E-state index contributed by atoms with van der Waals surface area (Å²) in [7, 11) is 1.99. The van der Waals surface area contributed by atoms with Gasteiger partial charge in [0.25, 0.3) is 0 Å². The first-order valence-electron chi connectivity index (χ1n) is 6.23.